The normalized spacial score (nSPS) is 12.5. The van der Waals surface area contributed by atoms with Gasteiger partial charge in [-0.15, -0.1) is 0 Å². The minimum absolute atomic E-state index is 0.0577. The van der Waals surface area contributed by atoms with Crippen molar-refractivity contribution in [1.29, 1.82) is 0 Å². The summed E-state index contributed by atoms with van der Waals surface area (Å²) in [7, 11) is 0. The lowest BCUT2D eigenvalue weighted by atomic mass is 10.0. The molecule has 0 bridgehead atoms. The number of hydrogen-bond donors (Lipinski definition) is 0. The molecule has 0 N–H and O–H groups in total. The molecule has 0 aromatic heterocycles. The number of benzene rings is 2. The van der Waals surface area contributed by atoms with Crippen molar-refractivity contribution >= 4 is 39.1 Å². The molecule has 2 rings (SSSR count). The van der Waals surface area contributed by atoms with Crippen LogP contribution in [0.15, 0.2) is 36.4 Å². The largest absolute Gasteiger partial charge is 0.0843 e. The molecule has 0 aliphatic carbocycles. The van der Waals surface area contributed by atoms with E-state index in [2.05, 4.69) is 48.0 Å². The van der Waals surface area contributed by atoms with Crippen LogP contribution in [0.1, 0.15) is 27.1 Å². The van der Waals surface area contributed by atoms with Crippen LogP contribution in [0, 0.1) is 13.8 Å². The molecule has 0 amide bonds. The number of hydrogen-bond acceptors (Lipinski definition) is 0. The molecule has 3 heteroatoms. The zero-order chi connectivity index (χ0) is 13.3. The highest BCUT2D eigenvalue weighted by Crippen LogP contribution is 2.37. The van der Waals surface area contributed by atoms with Gasteiger partial charge in [-0.05, 0) is 43.2 Å². The quantitative estimate of drug-likeness (QED) is 0.578. The van der Waals surface area contributed by atoms with Gasteiger partial charge in [0.25, 0.3) is 0 Å². The van der Waals surface area contributed by atoms with Crippen LogP contribution < -0.4 is 0 Å². The first-order valence-electron chi connectivity index (χ1n) is 5.64. The van der Waals surface area contributed by atoms with Gasteiger partial charge in [0.15, 0.2) is 0 Å². The molecule has 0 aliphatic heterocycles. The standard InChI is InChI=1S/C15H13BrCl2/c1-9-5-10(2)7-11(6-9)15(16)13-8-12(17)3-4-14(13)18/h3-8,15H,1-2H3. The molecule has 0 aliphatic rings. The van der Waals surface area contributed by atoms with E-state index in [1.807, 2.05) is 12.1 Å². The van der Waals surface area contributed by atoms with E-state index in [-0.39, 0.29) is 4.83 Å². The topological polar surface area (TPSA) is 0 Å². The second kappa shape index (κ2) is 5.64. The fraction of sp³-hybridized carbons (Fsp3) is 0.200. The highest BCUT2D eigenvalue weighted by atomic mass is 79.9. The third kappa shape index (κ3) is 3.09. The number of rotatable bonds is 2. The predicted molar refractivity (Wildman–Crippen MR) is 83.1 cm³/mol. The van der Waals surface area contributed by atoms with Gasteiger partial charge in [-0.3, -0.25) is 0 Å². The van der Waals surface area contributed by atoms with Crippen molar-refractivity contribution in [3.05, 3.63) is 68.7 Å². The van der Waals surface area contributed by atoms with Crippen LogP contribution in [0.4, 0.5) is 0 Å². The van der Waals surface area contributed by atoms with Crippen molar-refractivity contribution in [1.82, 2.24) is 0 Å². The second-order valence-corrected chi connectivity index (χ2v) is 6.21. The van der Waals surface area contributed by atoms with E-state index in [9.17, 15) is 0 Å². The average Bonchev–Trinajstić information content (AvgIpc) is 2.30. The van der Waals surface area contributed by atoms with Gasteiger partial charge in [0.2, 0.25) is 0 Å². The van der Waals surface area contributed by atoms with E-state index in [1.165, 1.54) is 16.7 Å². The Morgan fingerprint density at radius 1 is 0.944 bits per heavy atom. The Morgan fingerprint density at radius 2 is 1.56 bits per heavy atom. The molecule has 0 saturated heterocycles. The van der Waals surface area contributed by atoms with Gasteiger partial charge in [-0.25, -0.2) is 0 Å². The summed E-state index contributed by atoms with van der Waals surface area (Å²) in [4.78, 5) is 0.0577. The van der Waals surface area contributed by atoms with E-state index >= 15 is 0 Å². The fourth-order valence-electron chi connectivity index (χ4n) is 2.04. The molecule has 0 fully saturated rings. The summed E-state index contributed by atoms with van der Waals surface area (Å²) in [6, 6.07) is 12.0. The Balaban J connectivity index is 2.47. The van der Waals surface area contributed by atoms with Crippen LogP contribution >= 0.6 is 39.1 Å². The van der Waals surface area contributed by atoms with Gasteiger partial charge < -0.3 is 0 Å². The first kappa shape index (κ1) is 13.9. The van der Waals surface area contributed by atoms with Crippen LogP contribution in [-0.4, -0.2) is 0 Å². The van der Waals surface area contributed by atoms with E-state index in [4.69, 9.17) is 23.2 Å². The summed E-state index contributed by atoms with van der Waals surface area (Å²) < 4.78 is 0. The predicted octanol–water partition coefficient (Wildman–Crippen LogP) is 6.09. The van der Waals surface area contributed by atoms with Crippen molar-refractivity contribution in [3.63, 3.8) is 0 Å². The van der Waals surface area contributed by atoms with Gasteiger partial charge in [0.05, 0.1) is 4.83 Å². The van der Waals surface area contributed by atoms with Crippen LogP contribution in [0.3, 0.4) is 0 Å². The van der Waals surface area contributed by atoms with Crippen molar-refractivity contribution in [3.8, 4) is 0 Å². The maximum absolute atomic E-state index is 6.23. The molecule has 0 saturated carbocycles. The first-order valence-corrected chi connectivity index (χ1v) is 7.32. The molecule has 0 spiro atoms. The molecule has 1 atom stereocenters. The minimum Gasteiger partial charge on any atom is -0.0843 e. The highest BCUT2D eigenvalue weighted by Gasteiger charge is 2.14. The molecule has 2 aromatic rings. The highest BCUT2D eigenvalue weighted by molar-refractivity contribution is 9.09. The lowest BCUT2D eigenvalue weighted by Crippen LogP contribution is -1.95. The summed E-state index contributed by atoms with van der Waals surface area (Å²) in [6.45, 7) is 4.19. The van der Waals surface area contributed by atoms with Gasteiger partial charge in [-0.1, -0.05) is 68.5 Å². The SMILES string of the molecule is Cc1cc(C)cc(C(Br)c2cc(Cl)ccc2Cl)c1. The number of halogens is 3. The maximum atomic E-state index is 6.23. The first-order chi connectivity index (χ1) is 8.47. The Kier molecular flexibility index (Phi) is 4.37. The minimum atomic E-state index is 0.0577. The van der Waals surface area contributed by atoms with Gasteiger partial charge >= 0.3 is 0 Å². The molecule has 2 aromatic carbocycles. The van der Waals surface area contributed by atoms with Crippen molar-refractivity contribution in [2.45, 2.75) is 18.7 Å². The number of alkyl halides is 1. The Bertz CT molecular complexity index is 558. The Labute approximate surface area is 126 Å². The smallest absolute Gasteiger partial charge is 0.0659 e. The monoisotopic (exact) mass is 342 g/mol. The Hall–Kier alpha value is -0.500. The van der Waals surface area contributed by atoms with Crippen molar-refractivity contribution < 1.29 is 0 Å². The van der Waals surface area contributed by atoms with Gasteiger partial charge in [0.1, 0.15) is 0 Å². The molecule has 0 heterocycles. The van der Waals surface area contributed by atoms with Gasteiger partial charge in [-0.2, -0.15) is 0 Å². The fourth-order valence-corrected chi connectivity index (χ4v) is 3.23. The molecular weight excluding hydrogens is 331 g/mol. The Morgan fingerprint density at radius 3 is 2.17 bits per heavy atom. The maximum Gasteiger partial charge on any atom is 0.0659 e. The lowest BCUT2D eigenvalue weighted by Gasteiger charge is -2.14. The zero-order valence-electron chi connectivity index (χ0n) is 10.2. The lowest BCUT2D eigenvalue weighted by molar-refractivity contribution is 1.16. The summed E-state index contributed by atoms with van der Waals surface area (Å²) in [5, 5.41) is 1.42. The third-order valence-electron chi connectivity index (χ3n) is 2.77. The second-order valence-electron chi connectivity index (χ2n) is 4.45. The average molecular weight is 344 g/mol. The van der Waals surface area contributed by atoms with Crippen LogP contribution in [0.2, 0.25) is 10.0 Å². The molecule has 1 unspecified atom stereocenters. The summed E-state index contributed by atoms with van der Waals surface area (Å²) in [6.07, 6.45) is 0. The molecule has 18 heavy (non-hydrogen) atoms. The third-order valence-corrected chi connectivity index (χ3v) is 4.37. The van der Waals surface area contributed by atoms with Gasteiger partial charge in [0, 0.05) is 10.0 Å². The van der Waals surface area contributed by atoms with E-state index in [0.717, 1.165) is 10.6 Å². The molecule has 0 nitrogen and oxygen atoms in total. The summed E-state index contributed by atoms with van der Waals surface area (Å²) in [5.41, 5.74) is 4.67. The summed E-state index contributed by atoms with van der Waals surface area (Å²) in [5.74, 6) is 0. The van der Waals surface area contributed by atoms with Crippen molar-refractivity contribution in [2.24, 2.45) is 0 Å². The molecule has 94 valence electrons. The molecular formula is C15H13BrCl2. The number of aryl methyl sites for hydroxylation is 2. The van der Waals surface area contributed by atoms with Crippen LogP contribution in [-0.2, 0) is 0 Å². The van der Waals surface area contributed by atoms with E-state index in [1.54, 1.807) is 6.07 Å². The summed E-state index contributed by atoms with van der Waals surface area (Å²) >= 11 is 16.0. The zero-order valence-corrected chi connectivity index (χ0v) is 13.3. The van der Waals surface area contributed by atoms with Crippen LogP contribution in [0.5, 0.6) is 0 Å². The molecule has 0 radical (unpaired) electrons. The van der Waals surface area contributed by atoms with Crippen molar-refractivity contribution in [2.75, 3.05) is 0 Å². The van der Waals surface area contributed by atoms with E-state index < -0.39 is 0 Å². The van der Waals surface area contributed by atoms with E-state index in [0.29, 0.717) is 5.02 Å². The van der Waals surface area contributed by atoms with Crippen LogP contribution in [0.25, 0.3) is 0 Å².